The van der Waals surface area contributed by atoms with Gasteiger partial charge in [-0.3, -0.25) is 0 Å². The highest BCUT2D eigenvalue weighted by molar-refractivity contribution is 9.10. The van der Waals surface area contributed by atoms with Gasteiger partial charge in [-0.2, -0.15) is 0 Å². The minimum absolute atomic E-state index is 1.09. The quantitative estimate of drug-likeness (QED) is 0.163. The zero-order valence-electron chi connectivity index (χ0n) is 23.9. The van der Waals surface area contributed by atoms with Crippen molar-refractivity contribution in [2.75, 3.05) is 0 Å². The molecule has 0 amide bonds. The van der Waals surface area contributed by atoms with Gasteiger partial charge in [-0.15, -0.1) is 0 Å². The lowest BCUT2D eigenvalue weighted by Gasteiger charge is -2.14. The molecule has 44 heavy (non-hydrogen) atoms. The smallest absolute Gasteiger partial charge is 0.0175 e. The summed E-state index contributed by atoms with van der Waals surface area (Å²) >= 11 is 7.12. The number of rotatable bonds is 6. The lowest BCUT2D eigenvalue weighted by atomic mass is 9.90. The molecule has 0 saturated heterocycles. The van der Waals surface area contributed by atoms with E-state index >= 15 is 0 Å². The predicted octanol–water partition coefficient (Wildman–Crippen LogP) is 13.2. The third-order valence-corrected chi connectivity index (χ3v) is 9.16. The highest BCUT2D eigenvalue weighted by Crippen LogP contribution is 2.38. The SMILES string of the molecule is Brc1ccc(-c2ccccc2-c2ccc(-c3ccccc3-c3ccc(-c4ccccc4-c4ccc(Br)cc4)cc3)cc2)cc1. The Balaban J connectivity index is 1.20. The van der Waals surface area contributed by atoms with Crippen molar-refractivity contribution in [2.24, 2.45) is 0 Å². The second-order valence-electron chi connectivity index (χ2n) is 10.8. The first kappa shape index (κ1) is 28.3. The Hall–Kier alpha value is -4.50. The molecule has 0 spiro atoms. The molecule has 0 aromatic heterocycles. The van der Waals surface area contributed by atoms with Crippen LogP contribution in [0.5, 0.6) is 0 Å². The fraction of sp³-hybridized carbons (Fsp3) is 0. The number of hydrogen-bond acceptors (Lipinski definition) is 0. The van der Waals surface area contributed by atoms with Crippen LogP contribution in [0.1, 0.15) is 0 Å². The molecule has 0 aliphatic carbocycles. The second kappa shape index (κ2) is 12.6. The highest BCUT2D eigenvalue weighted by Gasteiger charge is 2.12. The van der Waals surface area contributed by atoms with Gasteiger partial charge in [0, 0.05) is 8.95 Å². The summed E-state index contributed by atoms with van der Waals surface area (Å²) in [6.07, 6.45) is 0. The van der Waals surface area contributed by atoms with E-state index in [1.54, 1.807) is 0 Å². The zero-order chi connectivity index (χ0) is 29.9. The van der Waals surface area contributed by atoms with E-state index in [1.807, 2.05) is 0 Å². The molecule has 0 aliphatic heterocycles. The molecular formula is C42H28Br2. The molecule has 7 rings (SSSR count). The fourth-order valence-electron chi connectivity index (χ4n) is 5.88. The van der Waals surface area contributed by atoms with Crippen LogP contribution in [0.2, 0.25) is 0 Å². The summed E-state index contributed by atoms with van der Waals surface area (Å²) in [5, 5.41) is 0. The van der Waals surface area contributed by atoms with Gasteiger partial charge in [0.05, 0.1) is 0 Å². The maximum Gasteiger partial charge on any atom is 0.0175 e. The van der Waals surface area contributed by atoms with Crippen molar-refractivity contribution >= 4 is 31.9 Å². The first-order valence-electron chi connectivity index (χ1n) is 14.6. The second-order valence-corrected chi connectivity index (χ2v) is 12.6. The molecular weight excluding hydrogens is 664 g/mol. The van der Waals surface area contributed by atoms with Gasteiger partial charge in [0.1, 0.15) is 0 Å². The molecule has 0 aliphatic rings. The van der Waals surface area contributed by atoms with E-state index < -0.39 is 0 Å². The lowest BCUT2D eigenvalue weighted by Crippen LogP contribution is -1.88. The molecule has 0 radical (unpaired) electrons. The first-order chi connectivity index (χ1) is 21.6. The fourth-order valence-corrected chi connectivity index (χ4v) is 6.41. The molecule has 0 bridgehead atoms. The van der Waals surface area contributed by atoms with Crippen molar-refractivity contribution in [3.05, 3.63) is 179 Å². The Labute approximate surface area is 276 Å². The predicted molar refractivity (Wildman–Crippen MR) is 194 cm³/mol. The van der Waals surface area contributed by atoms with E-state index in [2.05, 4.69) is 202 Å². The van der Waals surface area contributed by atoms with Crippen molar-refractivity contribution in [1.82, 2.24) is 0 Å². The van der Waals surface area contributed by atoms with Gasteiger partial charge in [0.25, 0.3) is 0 Å². The van der Waals surface area contributed by atoms with Crippen LogP contribution in [-0.4, -0.2) is 0 Å². The van der Waals surface area contributed by atoms with Crippen LogP contribution in [0.3, 0.4) is 0 Å². The molecule has 0 unspecified atom stereocenters. The highest BCUT2D eigenvalue weighted by atomic mass is 79.9. The molecule has 0 saturated carbocycles. The largest absolute Gasteiger partial charge is 0.0616 e. The molecule has 0 N–H and O–H groups in total. The topological polar surface area (TPSA) is 0 Å². The van der Waals surface area contributed by atoms with E-state index in [4.69, 9.17) is 0 Å². The summed E-state index contributed by atoms with van der Waals surface area (Å²) in [5.41, 5.74) is 14.6. The summed E-state index contributed by atoms with van der Waals surface area (Å²) in [4.78, 5) is 0. The molecule has 0 heterocycles. The maximum atomic E-state index is 3.56. The summed E-state index contributed by atoms with van der Waals surface area (Å²) in [7, 11) is 0. The molecule has 210 valence electrons. The van der Waals surface area contributed by atoms with E-state index in [-0.39, 0.29) is 0 Å². The summed E-state index contributed by atoms with van der Waals surface area (Å²) in [6.45, 7) is 0. The molecule has 7 aromatic carbocycles. The average molecular weight is 692 g/mol. The number of hydrogen-bond donors (Lipinski definition) is 0. The van der Waals surface area contributed by atoms with Crippen molar-refractivity contribution in [3.8, 4) is 66.8 Å². The van der Waals surface area contributed by atoms with Gasteiger partial charge in [-0.05, 0) is 91.0 Å². The van der Waals surface area contributed by atoms with E-state index in [0.29, 0.717) is 0 Å². The van der Waals surface area contributed by atoms with Gasteiger partial charge in [0.15, 0.2) is 0 Å². The molecule has 0 nitrogen and oxygen atoms in total. The summed E-state index contributed by atoms with van der Waals surface area (Å²) < 4.78 is 2.17. The average Bonchev–Trinajstić information content (AvgIpc) is 3.09. The van der Waals surface area contributed by atoms with Gasteiger partial charge < -0.3 is 0 Å². The first-order valence-corrected chi connectivity index (χ1v) is 16.2. The van der Waals surface area contributed by atoms with Crippen molar-refractivity contribution in [3.63, 3.8) is 0 Å². The van der Waals surface area contributed by atoms with Gasteiger partial charge in [0.2, 0.25) is 0 Å². The van der Waals surface area contributed by atoms with Gasteiger partial charge in [-0.25, -0.2) is 0 Å². The van der Waals surface area contributed by atoms with Crippen molar-refractivity contribution in [1.29, 1.82) is 0 Å². The Morgan fingerprint density at radius 1 is 0.205 bits per heavy atom. The summed E-state index contributed by atoms with van der Waals surface area (Å²) in [5.74, 6) is 0. The van der Waals surface area contributed by atoms with Crippen LogP contribution in [0.15, 0.2) is 179 Å². The van der Waals surface area contributed by atoms with Crippen molar-refractivity contribution < 1.29 is 0 Å². The van der Waals surface area contributed by atoms with Crippen LogP contribution in [0.4, 0.5) is 0 Å². The maximum absolute atomic E-state index is 3.56. The Morgan fingerprint density at radius 3 is 0.545 bits per heavy atom. The van der Waals surface area contributed by atoms with E-state index in [9.17, 15) is 0 Å². The van der Waals surface area contributed by atoms with E-state index in [0.717, 1.165) is 8.95 Å². The third-order valence-electron chi connectivity index (χ3n) is 8.11. The van der Waals surface area contributed by atoms with Gasteiger partial charge in [-0.1, -0.05) is 177 Å². The van der Waals surface area contributed by atoms with Crippen LogP contribution in [-0.2, 0) is 0 Å². The minimum atomic E-state index is 1.09. The third kappa shape index (κ3) is 5.84. The molecule has 0 atom stereocenters. The number of halogens is 2. The lowest BCUT2D eigenvalue weighted by molar-refractivity contribution is 1.54. The van der Waals surface area contributed by atoms with E-state index in [1.165, 1.54) is 66.8 Å². The Morgan fingerprint density at radius 2 is 0.364 bits per heavy atom. The molecule has 2 heteroatoms. The zero-order valence-corrected chi connectivity index (χ0v) is 27.1. The number of benzene rings is 7. The minimum Gasteiger partial charge on any atom is -0.0616 e. The van der Waals surface area contributed by atoms with Crippen LogP contribution < -0.4 is 0 Å². The van der Waals surface area contributed by atoms with Crippen molar-refractivity contribution in [2.45, 2.75) is 0 Å². The standard InChI is InChI=1S/C42H28Br2/c43-35-25-21-33(22-26-35)41-11-5-3-9-39(41)31-17-13-29(14-18-31)37-7-1-2-8-38(37)30-15-19-32(20-16-30)40-10-4-6-12-42(40)34-23-27-36(44)28-24-34/h1-28H. The van der Waals surface area contributed by atoms with Crippen LogP contribution >= 0.6 is 31.9 Å². The monoisotopic (exact) mass is 690 g/mol. The van der Waals surface area contributed by atoms with Crippen LogP contribution in [0.25, 0.3) is 66.8 Å². The Kier molecular flexibility index (Phi) is 8.11. The summed E-state index contributed by atoms with van der Waals surface area (Å²) in [6, 6.07) is 60.9. The molecule has 7 aromatic rings. The Bertz CT molecular complexity index is 1890. The van der Waals surface area contributed by atoms with Crippen LogP contribution in [0, 0.1) is 0 Å². The molecule has 0 fully saturated rings. The normalized spacial score (nSPS) is 11.0. The van der Waals surface area contributed by atoms with Gasteiger partial charge >= 0.3 is 0 Å².